The molecule has 0 aliphatic carbocycles. The minimum Gasteiger partial charge on any atom is -0.507 e. The summed E-state index contributed by atoms with van der Waals surface area (Å²) in [7, 11) is 0. The average Bonchev–Trinajstić information content (AvgIpc) is 2.31. The second kappa shape index (κ2) is 6.78. The summed E-state index contributed by atoms with van der Waals surface area (Å²) in [5.74, 6) is 0.354. The van der Waals surface area contributed by atoms with Crippen LogP contribution in [0.5, 0.6) is 5.75 Å². The Kier molecular flexibility index (Phi) is 5.66. The van der Waals surface area contributed by atoms with Gasteiger partial charge in [-0.15, -0.1) is 0 Å². The van der Waals surface area contributed by atoms with Gasteiger partial charge in [0.25, 0.3) is 5.91 Å². The number of carbonyl (C=O) groups is 1. The van der Waals surface area contributed by atoms with Gasteiger partial charge in [0, 0.05) is 10.5 Å². The van der Waals surface area contributed by atoms with Gasteiger partial charge in [0.2, 0.25) is 0 Å². The topological polar surface area (TPSA) is 49.3 Å². The van der Waals surface area contributed by atoms with Crippen molar-refractivity contribution in [2.45, 2.75) is 39.7 Å². The highest BCUT2D eigenvalue weighted by molar-refractivity contribution is 9.10. The molecule has 4 heteroatoms. The van der Waals surface area contributed by atoms with Gasteiger partial charge in [-0.2, -0.15) is 0 Å². The number of carbonyl (C=O) groups excluding carboxylic acids is 1. The van der Waals surface area contributed by atoms with Crippen LogP contribution in [0.1, 0.15) is 44.0 Å². The molecule has 1 aromatic rings. The van der Waals surface area contributed by atoms with Crippen molar-refractivity contribution < 1.29 is 9.90 Å². The monoisotopic (exact) mass is 313 g/mol. The zero-order chi connectivity index (χ0) is 13.7. The maximum Gasteiger partial charge on any atom is 0.255 e. The van der Waals surface area contributed by atoms with Crippen LogP contribution in [0, 0.1) is 5.92 Å². The number of hydrogen-bond acceptors (Lipinski definition) is 2. The van der Waals surface area contributed by atoms with Crippen molar-refractivity contribution in [2.75, 3.05) is 0 Å². The lowest BCUT2D eigenvalue weighted by Crippen LogP contribution is -2.33. The Morgan fingerprint density at radius 1 is 1.44 bits per heavy atom. The number of rotatable bonds is 5. The fourth-order valence-corrected chi connectivity index (χ4v) is 2.18. The van der Waals surface area contributed by atoms with Gasteiger partial charge in [-0.25, -0.2) is 0 Å². The zero-order valence-electron chi connectivity index (χ0n) is 11.0. The highest BCUT2D eigenvalue weighted by atomic mass is 79.9. The summed E-state index contributed by atoms with van der Waals surface area (Å²) >= 11 is 3.29. The van der Waals surface area contributed by atoms with E-state index in [9.17, 15) is 9.90 Å². The number of halogens is 1. The molecule has 0 saturated carbocycles. The molecule has 0 aliphatic rings. The Morgan fingerprint density at radius 2 is 2.11 bits per heavy atom. The largest absolute Gasteiger partial charge is 0.507 e. The van der Waals surface area contributed by atoms with Crippen molar-refractivity contribution in [3.63, 3.8) is 0 Å². The van der Waals surface area contributed by atoms with Gasteiger partial charge in [-0.05, 0) is 37.5 Å². The van der Waals surface area contributed by atoms with Gasteiger partial charge >= 0.3 is 0 Å². The average molecular weight is 314 g/mol. The van der Waals surface area contributed by atoms with E-state index in [-0.39, 0.29) is 17.7 Å². The summed E-state index contributed by atoms with van der Waals surface area (Å²) < 4.78 is 0.778. The molecule has 1 rings (SSSR count). The first kappa shape index (κ1) is 15.0. The van der Waals surface area contributed by atoms with Crippen molar-refractivity contribution in [1.82, 2.24) is 5.32 Å². The molecule has 2 unspecified atom stereocenters. The highest BCUT2D eigenvalue weighted by Gasteiger charge is 2.15. The van der Waals surface area contributed by atoms with Gasteiger partial charge in [0.05, 0.1) is 5.56 Å². The van der Waals surface area contributed by atoms with Crippen molar-refractivity contribution >= 4 is 21.8 Å². The molecular weight excluding hydrogens is 294 g/mol. The number of hydrogen-bond donors (Lipinski definition) is 2. The fourth-order valence-electron chi connectivity index (χ4n) is 1.82. The summed E-state index contributed by atoms with van der Waals surface area (Å²) in [6.45, 7) is 6.29. The van der Waals surface area contributed by atoms with Crippen LogP contribution in [0.25, 0.3) is 0 Å². The third-order valence-corrected chi connectivity index (χ3v) is 3.53. The second-order valence-corrected chi connectivity index (χ2v) is 5.70. The molecule has 0 aliphatic heterocycles. The summed E-state index contributed by atoms with van der Waals surface area (Å²) in [6, 6.07) is 4.94. The van der Waals surface area contributed by atoms with E-state index in [0.717, 1.165) is 17.3 Å². The van der Waals surface area contributed by atoms with Crippen LogP contribution in [0.2, 0.25) is 0 Å². The minimum atomic E-state index is -0.232. The van der Waals surface area contributed by atoms with Crippen LogP contribution < -0.4 is 5.32 Å². The molecule has 2 N–H and O–H groups in total. The second-order valence-electron chi connectivity index (χ2n) is 4.79. The Morgan fingerprint density at radius 3 is 2.72 bits per heavy atom. The molecule has 0 fully saturated rings. The Bertz CT molecular complexity index is 420. The van der Waals surface area contributed by atoms with E-state index in [1.165, 1.54) is 6.07 Å². The molecule has 0 radical (unpaired) electrons. The van der Waals surface area contributed by atoms with Crippen molar-refractivity contribution in [1.29, 1.82) is 0 Å². The molecule has 0 aromatic heterocycles. The molecule has 0 saturated heterocycles. The van der Waals surface area contributed by atoms with Crippen LogP contribution >= 0.6 is 15.9 Å². The van der Waals surface area contributed by atoms with Crippen LogP contribution in [-0.2, 0) is 0 Å². The summed E-state index contributed by atoms with van der Waals surface area (Å²) in [6.07, 6.45) is 2.04. The third-order valence-electron chi connectivity index (χ3n) is 3.03. The molecule has 0 spiro atoms. The molecule has 0 heterocycles. The molecular formula is C14H20BrNO2. The van der Waals surface area contributed by atoms with Gasteiger partial charge < -0.3 is 10.4 Å². The van der Waals surface area contributed by atoms with Gasteiger partial charge in [0.1, 0.15) is 5.75 Å². The van der Waals surface area contributed by atoms with Crippen molar-refractivity contribution in [3.05, 3.63) is 28.2 Å². The highest BCUT2D eigenvalue weighted by Crippen LogP contribution is 2.22. The van der Waals surface area contributed by atoms with E-state index < -0.39 is 0 Å². The molecule has 18 heavy (non-hydrogen) atoms. The number of amides is 1. The molecule has 2 atom stereocenters. The van der Waals surface area contributed by atoms with Crippen molar-refractivity contribution in [3.8, 4) is 5.75 Å². The summed E-state index contributed by atoms with van der Waals surface area (Å²) in [4.78, 5) is 12.0. The Balaban J connectivity index is 2.67. The first-order valence-electron chi connectivity index (χ1n) is 6.23. The summed E-state index contributed by atoms with van der Waals surface area (Å²) in [5, 5.41) is 12.6. The third kappa shape index (κ3) is 4.33. The number of aromatic hydroxyl groups is 1. The van der Waals surface area contributed by atoms with E-state index in [1.54, 1.807) is 12.1 Å². The number of phenols is 1. The van der Waals surface area contributed by atoms with E-state index in [1.807, 2.05) is 6.92 Å². The quantitative estimate of drug-likeness (QED) is 0.870. The smallest absolute Gasteiger partial charge is 0.255 e. The molecule has 100 valence electrons. The lowest BCUT2D eigenvalue weighted by Gasteiger charge is -2.18. The number of phenolic OH excluding ortho intramolecular Hbond substituents is 1. The fraction of sp³-hybridized carbons (Fsp3) is 0.500. The van der Waals surface area contributed by atoms with Crippen LogP contribution in [0.4, 0.5) is 0 Å². The number of benzene rings is 1. The van der Waals surface area contributed by atoms with E-state index in [4.69, 9.17) is 0 Å². The Labute approximate surface area is 117 Å². The zero-order valence-corrected chi connectivity index (χ0v) is 12.6. The molecule has 1 aromatic carbocycles. The SMILES string of the molecule is CCC(C)CC(C)NC(=O)c1cc(Br)ccc1O. The van der Waals surface area contributed by atoms with Crippen LogP contribution in [0.15, 0.2) is 22.7 Å². The first-order valence-corrected chi connectivity index (χ1v) is 7.02. The minimum absolute atomic E-state index is 0.00596. The normalized spacial score (nSPS) is 14.0. The van der Waals surface area contributed by atoms with Gasteiger partial charge in [0.15, 0.2) is 0 Å². The van der Waals surface area contributed by atoms with Gasteiger partial charge in [-0.1, -0.05) is 36.2 Å². The molecule has 1 amide bonds. The lowest BCUT2D eigenvalue weighted by atomic mass is 10.00. The predicted molar refractivity (Wildman–Crippen MR) is 76.8 cm³/mol. The van der Waals surface area contributed by atoms with E-state index >= 15 is 0 Å². The maximum atomic E-state index is 12.0. The number of nitrogens with one attached hydrogen (secondary N) is 1. The predicted octanol–water partition coefficient (Wildman–Crippen LogP) is 3.71. The summed E-state index contributed by atoms with van der Waals surface area (Å²) in [5.41, 5.74) is 0.306. The van der Waals surface area contributed by atoms with Crippen LogP contribution in [0.3, 0.4) is 0 Å². The Hall–Kier alpha value is -1.03. The molecule has 0 bridgehead atoms. The van der Waals surface area contributed by atoms with Crippen molar-refractivity contribution in [2.24, 2.45) is 5.92 Å². The first-order chi connectivity index (χ1) is 8.43. The van der Waals surface area contributed by atoms with Gasteiger partial charge in [-0.3, -0.25) is 4.79 Å². The van der Waals surface area contributed by atoms with E-state index in [2.05, 4.69) is 35.1 Å². The molecule has 3 nitrogen and oxygen atoms in total. The van der Waals surface area contributed by atoms with Crippen LogP contribution in [-0.4, -0.2) is 17.1 Å². The standard InChI is InChI=1S/C14H20BrNO2/c1-4-9(2)7-10(3)16-14(18)12-8-11(15)5-6-13(12)17/h5-6,8-10,17H,4,7H2,1-3H3,(H,16,18). The lowest BCUT2D eigenvalue weighted by molar-refractivity contribution is 0.0932. The van der Waals surface area contributed by atoms with E-state index in [0.29, 0.717) is 11.5 Å². The maximum absolute atomic E-state index is 12.0.